The van der Waals surface area contributed by atoms with E-state index in [0.29, 0.717) is 34.9 Å². The van der Waals surface area contributed by atoms with Gasteiger partial charge >= 0.3 is 5.97 Å². The Labute approximate surface area is 153 Å². The van der Waals surface area contributed by atoms with Crippen LogP contribution in [0.3, 0.4) is 0 Å². The number of carbonyl (C=O) groups excluding carboxylic acids is 1. The fraction of sp³-hybridized carbons (Fsp3) is 0.222. The molecule has 1 N–H and O–H groups in total. The Bertz CT molecular complexity index is 1010. The van der Waals surface area contributed by atoms with Crippen molar-refractivity contribution in [1.29, 1.82) is 5.26 Å². The van der Waals surface area contributed by atoms with Gasteiger partial charge in [-0.2, -0.15) is 10.2 Å². The van der Waals surface area contributed by atoms with Gasteiger partial charge in [-0.3, -0.25) is 0 Å². The Balaban J connectivity index is 1.97. The lowest BCUT2D eigenvalue weighted by atomic mass is 10.1. The summed E-state index contributed by atoms with van der Waals surface area (Å²) < 4.78 is 10.3. The molecular weight excluding hydrogens is 352 g/mol. The maximum atomic E-state index is 12.1. The van der Waals surface area contributed by atoms with Crippen molar-refractivity contribution in [2.45, 2.75) is 20.8 Å². The molecule has 0 atom stereocenters. The highest BCUT2D eigenvalue weighted by atomic mass is 32.1. The zero-order chi connectivity index (χ0) is 18.7. The SMILES string of the molecule is CCOC(=O)c1c(C)[nH]c(/C=C(\C#N)c2nc(-c3cccs3)no2)c1C. The lowest BCUT2D eigenvalue weighted by Gasteiger charge is -2.01. The summed E-state index contributed by atoms with van der Waals surface area (Å²) in [5.41, 5.74) is 2.68. The van der Waals surface area contributed by atoms with Crippen LogP contribution in [0.25, 0.3) is 22.4 Å². The molecule has 132 valence electrons. The standard InChI is InChI=1S/C18H16N4O3S/c1-4-24-18(23)15-10(2)13(20-11(15)3)8-12(9-19)17-21-16(22-25-17)14-6-5-7-26-14/h5-8,20H,4H2,1-3H3/b12-8+. The highest BCUT2D eigenvalue weighted by Gasteiger charge is 2.20. The molecule has 3 aromatic heterocycles. The molecule has 0 radical (unpaired) electrons. The van der Waals surface area contributed by atoms with E-state index in [1.807, 2.05) is 17.5 Å². The fourth-order valence-electron chi connectivity index (χ4n) is 2.55. The largest absolute Gasteiger partial charge is 0.462 e. The second-order valence-electron chi connectivity index (χ2n) is 5.45. The molecule has 0 aromatic carbocycles. The van der Waals surface area contributed by atoms with E-state index in [4.69, 9.17) is 9.26 Å². The van der Waals surface area contributed by atoms with Crippen LogP contribution < -0.4 is 0 Å². The molecule has 26 heavy (non-hydrogen) atoms. The molecule has 3 heterocycles. The highest BCUT2D eigenvalue weighted by Crippen LogP contribution is 2.26. The van der Waals surface area contributed by atoms with E-state index in [1.54, 1.807) is 26.8 Å². The molecule has 0 aliphatic carbocycles. The van der Waals surface area contributed by atoms with Crippen molar-refractivity contribution in [2.75, 3.05) is 6.61 Å². The Hall–Kier alpha value is -3.18. The number of rotatable bonds is 5. The van der Waals surface area contributed by atoms with Crippen LogP contribution >= 0.6 is 11.3 Å². The number of allylic oxidation sites excluding steroid dienone is 1. The van der Waals surface area contributed by atoms with Crippen molar-refractivity contribution in [3.63, 3.8) is 0 Å². The number of carbonyl (C=O) groups is 1. The van der Waals surface area contributed by atoms with E-state index in [9.17, 15) is 10.1 Å². The minimum atomic E-state index is -0.394. The van der Waals surface area contributed by atoms with Crippen LogP contribution in [0.5, 0.6) is 0 Å². The van der Waals surface area contributed by atoms with Gasteiger partial charge < -0.3 is 14.2 Å². The molecule has 0 spiro atoms. The first-order chi connectivity index (χ1) is 12.5. The number of nitrogens with one attached hydrogen (secondary N) is 1. The van der Waals surface area contributed by atoms with Crippen molar-refractivity contribution in [3.8, 4) is 16.8 Å². The van der Waals surface area contributed by atoms with Gasteiger partial charge in [0.05, 0.1) is 17.0 Å². The van der Waals surface area contributed by atoms with Gasteiger partial charge in [0.25, 0.3) is 5.89 Å². The first-order valence-corrected chi connectivity index (χ1v) is 8.79. The van der Waals surface area contributed by atoms with Gasteiger partial charge in [0.2, 0.25) is 5.82 Å². The zero-order valence-corrected chi connectivity index (χ0v) is 15.3. The van der Waals surface area contributed by atoms with Crippen molar-refractivity contribution in [1.82, 2.24) is 15.1 Å². The molecule has 7 nitrogen and oxygen atoms in total. The predicted octanol–water partition coefficient (Wildman–Crippen LogP) is 3.98. The minimum Gasteiger partial charge on any atom is -0.462 e. The molecule has 3 aromatic rings. The van der Waals surface area contributed by atoms with E-state index in [0.717, 1.165) is 4.88 Å². The van der Waals surface area contributed by atoms with Crippen LogP contribution in [-0.4, -0.2) is 27.7 Å². The molecule has 0 bridgehead atoms. The Morgan fingerprint density at radius 2 is 2.31 bits per heavy atom. The van der Waals surface area contributed by atoms with Crippen LogP contribution in [0.2, 0.25) is 0 Å². The second kappa shape index (κ2) is 7.37. The molecule has 0 amide bonds. The fourth-order valence-corrected chi connectivity index (χ4v) is 3.20. The minimum absolute atomic E-state index is 0.125. The van der Waals surface area contributed by atoms with Crippen LogP contribution in [0.15, 0.2) is 22.0 Å². The van der Waals surface area contributed by atoms with Crippen molar-refractivity contribution < 1.29 is 14.1 Å². The molecule has 0 aliphatic rings. The molecule has 3 rings (SSSR count). The van der Waals surface area contributed by atoms with Gasteiger partial charge in [0.1, 0.15) is 11.6 Å². The number of hydrogen-bond donors (Lipinski definition) is 1. The van der Waals surface area contributed by atoms with Crippen molar-refractivity contribution >= 4 is 29.0 Å². The predicted molar refractivity (Wildman–Crippen MR) is 97.3 cm³/mol. The van der Waals surface area contributed by atoms with Gasteiger partial charge in [0, 0.05) is 11.4 Å². The molecule has 8 heteroatoms. The van der Waals surface area contributed by atoms with E-state index in [2.05, 4.69) is 21.2 Å². The third-order valence-electron chi connectivity index (χ3n) is 3.76. The number of esters is 1. The second-order valence-corrected chi connectivity index (χ2v) is 6.40. The third-order valence-corrected chi connectivity index (χ3v) is 4.63. The quantitative estimate of drug-likeness (QED) is 0.539. The number of nitrogens with zero attached hydrogens (tertiary/aromatic N) is 3. The molecule has 0 aliphatic heterocycles. The number of aromatic nitrogens is 3. The average Bonchev–Trinajstić information content (AvgIpc) is 3.33. The first-order valence-electron chi connectivity index (χ1n) is 7.91. The number of aryl methyl sites for hydroxylation is 1. The van der Waals surface area contributed by atoms with E-state index in [-0.39, 0.29) is 11.5 Å². The van der Waals surface area contributed by atoms with Crippen molar-refractivity contribution in [2.24, 2.45) is 0 Å². The lowest BCUT2D eigenvalue weighted by molar-refractivity contribution is 0.0525. The van der Waals surface area contributed by atoms with Crippen LogP contribution in [0.4, 0.5) is 0 Å². The summed E-state index contributed by atoms with van der Waals surface area (Å²) in [5, 5.41) is 15.3. The smallest absolute Gasteiger partial charge is 0.340 e. The Morgan fingerprint density at radius 1 is 1.50 bits per heavy atom. The number of nitriles is 1. The zero-order valence-electron chi connectivity index (χ0n) is 14.5. The summed E-state index contributed by atoms with van der Waals surface area (Å²) in [6.45, 7) is 5.63. The number of ether oxygens (including phenoxy) is 1. The molecule has 0 unspecified atom stereocenters. The molecule has 0 saturated carbocycles. The monoisotopic (exact) mass is 368 g/mol. The number of H-pyrrole nitrogens is 1. The van der Waals surface area contributed by atoms with Crippen LogP contribution in [0.1, 0.15) is 40.1 Å². The lowest BCUT2D eigenvalue weighted by Crippen LogP contribution is -2.06. The topological polar surface area (TPSA) is 105 Å². The number of aromatic amines is 1. The summed E-state index contributed by atoms with van der Waals surface area (Å²) in [4.78, 5) is 20.3. The summed E-state index contributed by atoms with van der Waals surface area (Å²) >= 11 is 1.48. The van der Waals surface area contributed by atoms with Crippen molar-refractivity contribution in [3.05, 3.63) is 45.9 Å². The maximum absolute atomic E-state index is 12.1. The average molecular weight is 368 g/mol. The molecule has 0 fully saturated rings. The van der Waals surface area contributed by atoms with Gasteiger partial charge in [-0.05, 0) is 43.9 Å². The number of hydrogen-bond acceptors (Lipinski definition) is 7. The Kier molecular flexibility index (Phi) is 5.00. The number of thiophene rings is 1. The first kappa shape index (κ1) is 17.6. The maximum Gasteiger partial charge on any atom is 0.340 e. The van der Waals surface area contributed by atoms with Gasteiger partial charge in [-0.15, -0.1) is 11.3 Å². The summed E-state index contributed by atoms with van der Waals surface area (Å²) in [6.07, 6.45) is 1.59. The van der Waals surface area contributed by atoms with E-state index >= 15 is 0 Å². The normalized spacial score (nSPS) is 11.4. The van der Waals surface area contributed by atoms with E-state index < -0.39 is 5.97 Å². The van der Waals surface area contributed by atoms with Gasteiger partial charge in [-0.25, -0.2) is 4.79 Å². The summed E-state index contributed by atoms with van der Waals surface area (Å²) in [6, 6.07) is 5.83. The summed E-state index contributed by atoms with van der Waals surface area (Å²) in [7, 11) is 0. The van der Waals surface area contributed by atoms with E-state index in [1.165, 1.54) is 11.3 Å². The third kappa shape index (κ3) is 3.30. The molecule has 0 saturated heterocycles. The molecular formula is C18H16N4O3S. The van der Waals surface area contributed by atoms with Crippen LogP contribution in [-0.2, 0) is 4.74 Å². The van der Waals surface area contributed by atoms with Crippen LogP contribution in [0, 0.1) is 25.2 Å². The highest BCUT2D eigenvalue weighted by molar-refractivity contribution is 7.13. The summed E-state index contributed by atoms with van der Waals surface area (Å²) in [5.74, 6) is 0.165. The van der Waals surface area contributed by atoms with Gasteiger partial charge in [0.15, 0.2) is 0 Å². The Morgan fingerprint density at radius 3 is 2.96 bits per heavy atom. The van der Waals surface area contributed by atoms with Gasteiger partial charge in [-0.1, -0.05) is 11.2 Å².